The van der Waals surface area contributed by atoms with Crippen molar-refractivity contribution < 1.29 is 9.59 Å². The fourth-order valence-corrected chi connectivity index (χ4v) is 7.40. The van der Waals surface area contributed by atoms with Crippen LogP contribution >= 0.6 is 0 Å². The molecule has 0 spiro atoms. The summed E-state index contributed by atoms with van der Waals surface area (Å²) in [6.07, 6.45) is 3.27. The number of carbonyl (C=O) groups is 2. The quantitative estimate of drug-likeness (QED) is 0.0854. The van der Waals surface area contributed by atoms with Crippen LogP contribution in [0.2, 0.25) is 0 Å². The molecule has 0 aliphatic carbocycles. The summed E-state index contributed by atoms with van der Waals surface area (Å²) < 4.78 is 0. The van der Waals surface area contributed by atoms with Gasteiger partial charge in [-0.2, -0.15) is 0 Å². The van der Waals surface area contributed by atoms with Gasteiger partial charge in [0.15, 0.2) is 6.29 Å². The first-order chi connectivity index (χ1) is 22.7. The molecule has 5 nitrogen and oxygen atoms in total. The lowest BCUT2D eigenvalue weighted by molar-refractivity contribution is -0.131. The first-order valence-electron chi connectivity index (χ1n) is 16.5. The van der Waals surface area contributed by atoms with Gasteiger partial charge in [0.25, 0.3) is 0 Å². The van der Waals surface area contributed by atoms with Crippen molar-refractivity contribution in [2.24, 2.45) is 5.92 Å². The zero-order chi connectivity index (χ0) is 33.0. The number of aldehydes is 1. The van der Waals surface area contributed by atoms with E-state index in [0.717, 1.165) is 28.9 Å². The zero-order valence-corrected chi connectivity index (χ0v) is 27.7. The highest BCUT2D eigenvalue weighted by Crippen LogP contribution is 2.46. The van der Waals surface area contributed by atoms with Crippen LogP contribution in [0.3, 0.4) is 0 Å². The maximum atomic E-state index is 13.3. The second-order valence-corrected chi connectivity index (χ2v) is 13.5. The summed E-state index contributed by atoms with van der Waals surface area (Å²) in [4.78, 5) is 34.3. The molecule has 1 aliphatic heterocycles. The Morgan fingerprint density at radius 1 is 0.809 bits per heavy atom. The van der Waals surface area contributed by atoms with Crippen LogP contribution in [-0.2, 0) is 28.0 Å². The summed E-state index contributed by atoms with van der Waals surface area (Å²) in [6.45, 7) is 9.68. The first kappa shape index (κ1) is 32.1. The number of ketones is 1. The minimum Gasteiger partial charge on any atom is -0.346 e. The molecule has 0 bridgehead atoms. The van der Waals surface area contributed by atoms with Crippen molar-refractivity contribution in [3.05, 3.63) is 167 Å². The topological polar surface area (TPSA) is 53.5 Å². The van der Waals surface area contributed by atoms with Gasteiger partial charge in [0.05, 0.1) is 12.1 Å². The monoisotopic (exact) mass is 621 g/mol. The number of Topliss-reactive ketones (excluding diaryl/α,β-unsaturated/α-hetero) is 1. The Bertz CT molecular complexity index is 1710. The SMILES string of the molecule is CC(C)Cc1cc(CN2CN(c3ccc(C(c4ccccc4)(c4ccccc4)c4ccccc4)cc3)C(C(=O)C=O)C2(C)C)ccn1. The van der Waals surface area contributed by atoms with Crippen LogP contribution in [0.1, 0.15) is 61.2 Å². The maximum Gasteiger partial charge on any atom is 0.219 e. The molecule has 1 saturated heterocycles. The van der Waals surface area contributed by atoms with E-state index in [1.54, 1.807) is 0 Å². The van der Waals surface area contributed by atoms with Crippen molar-refractivity contribution in [1.29, 1.82) is 0 Å². The Morgan fingerprint density at radius 2 is 1.32 bits per heavy atom. The molecule has 2 heterocycles. The highest BCUT2D eigenvalue weighted by atomic mass is 16.2. The van der Waals surface area contributed by atoms with Gasteiger partial charge in [-0.05, 0) is 78.3 Å². The predicted octanol–water partition coefficient (Wildman–Crippen LogP) is 7.86. The van der Waals surface area contributed by atoms with Gasteiger partial charge >= 0.3 is 0 Å². The summed E-state index contributed by atoms with van der Waals surface area (Å²) in [5, 5.41) is 0. The summed E-state index contributed by atoms with van der Waals surface area (Å²) in [5.41, 5.74) is 6.60. The second kappa shape index (κ2) is 13.5. The van der Waals surface area contributed by atoms with Crippen molar-refractivity contribution in [2.75, 3.05) is 11.6 Å². The van der Waals surface area contributed by atoms with Gasteiger partial charge in [0, 0.05) is 29.7 Å². The molecular weight excluding hydrogens is 578 g/mol. The number of pyridine rings is 1. The van der Waals surface area contributed by atoms with Crippen molar-refractivity contribution in [3.8, 4) is 0 Å². The van der Waals surface area contributed by atoms with Gasteiger partial charge in [0.1, 0.15) is 6.04 Å². The van der Waals surface area contributed by atoms with E-state index in [-0.39, 0.29) is 0 Å². The molecule has 1 fully saturated rings. The number of carbonyl (C=O) groups excluding carboxylic acids is 2. The highest BCUT2D eigenvalue weighted by molar-refractivity contribution is 6.28. The third-order valence-corrected chi connectivity index (χ3v) is 9.63. The largest absolute Gasteiger partial charge is 0.346 e. The van der Waals surface area contributed by atoms with Crippen LogP contribution in [0.4, 0.5) is 5.69 Å². The minimum absolute atomic E-state index is 0.413. The molecule has 238 valence electrons. The molecule has 0 saturated carbocycles. The van der Waals surface area contributed by atoms with Gasteiger partial charge in [-0.1, -0.05) is 117 Å². The maximum absolute atomic E-state index is 13.3. The van der Waals surface area contributed by atoms with E-state index < -0.39 is 22.8 Å². The molecule has 0 radical (unpaired) electrons. The van der Waals surface area contributed by atoms with E-state index in [9.17, 15) is 9.59 Å². The van der Waals surface area contributed by atoms with Crippen LogP contribution in [-0.4, -0.2) is 40.2 Å². The Balaban J connectivity index is 1.41. The van der Waals surface area contributed by atoms with Gasteiger partial charge in [-0.25, -0.2) is 0 Å². The number of nitrogens with zero attached hydrogens (tertiary/aromatic N) is 3. The minimum atomic E-state index is -0.620. The molecule has 5 heteroatoms. The fourth-order valence-electron chi connectivity index (χ4n) is 7.40. The average Bonchev–Trinajstić information content (AvgIpc) is 3.35. The highest BCUT2D eigenvalue weighted by Gasteiger charge is 2.50. The smallest absolute Gasteiger partial charge is 0.219 e. The van der Waals surface area contributed by atoms with E-state index in [0.29, 0.717) is 25.4 Å². The normalized spacial score (nSPS) is 16.4. The summed E-state index contributed by atoms with van der Waals surface area (Å²) in [7, 11) is 0. The van der Waals surface area contributed by atoms with E-state index in [1.165, 1.54) is 16.7 Å². The van der Waals surface area contributed by atoms with Crippen molar-refractivity contribution in [3.63, 3.8) is 0 Å². The number of rotatable bonds is 11. The van der Waals surface area contributed by atoms with Crippen LogP contribution in [0, 0.1) is 5.92 Å². The molecule has 1 aliphatic rings. The molecule has 5 aromatic rings. The Kier molecular flexibility index (Phi) is 9.19. The van der Waals surface area contributed by atoms with Crippen LogP contribution in [0.15, 0.2) is 134 Å². The zero-order valence-electron chi connectivity index (χ0n) is 27.7. The molecule has 1 aromatic heterocycles. The molecule has 0 amide bonds. The van der Waals surface area contributed by atoms with Crippen molar-refractivity contribution in [1.82, 2.24) is 9.88 Å². The van der Waals surface area contributed by atoms with Gasteiger partial charge in [-0.15, -0.1) is 0 Å². The number of hydrogen-bond donors (Lipinski definition) is 0. The second-order valence-electron chi connectivity index (χ2n) is 13.5. The Hall–Kier alpha value is -4.87. The van der Waals surface area contributed by atoms with Crippen molar-refractivity contribution in [2.45, 2.75) is 57.7 Å². The standard InChI is InChI=1S/C42H43N3O2/c1-31(2)26-37-27-32(24-25-43-37)28-44-30-45(40(39(47)29-46)41(44,3)4)38-22-20-36(21-23-38)42(33-14-8-5-9-15-33,34-16-10-6-11-17-34)35-18-12-7-13-19-35/h5-25,27,29,31,40H,26,28,30H2,1-4H3. The summed E-state index contributed by atoms with van der Waals surface area (Å²) in [5.74, 6) is 0.0995. The summed E-state index contributed by atoms with van der Waals surface area (Å²) >= 11 is 0. The van der Waals surface area contributed by atoms with Gasteiger partial charge < -0.3 is 4.90 Å². The van der Waals surface area contributed by atoms with Crippen LogP contribution in [0.5, 0.6) is 0 Å². The Labute approximate surface area is 278 Å². The predicted molar refractivity (Wildman–Crippen MR) is 189 cm³/mol. The van der Waals surface area contributed by atoms with E-state index in [4.69, 9.17) is 0 Å². The van der Waals surface area contributed by atoms with Gasteiger partial charge in [-0.3, -0.25) is 19.5 Å². The van der Waals surface area contributed by atoms with Crippen molar-refractivity contribution >= 4 is 17.8 Å². The molecule has 1 atom stereocenters. The molecule has 1 unspecified atom stereocenters. The number of benzene rings is 4. The molecule has 0 N–H and O–H groups in total. The number of aromatic nitrogens is 1. The average molecular weight is 622 g/mol. The fraction of sp³-hybridized carbons (Fsp3) is 0.262. The third-order valence-electron chi connectivity index (χ3n) is 9.63. The summed E-state index contributed by atoms with van der Waals surface area (Å²) in [6, 6.07) is 44.0. The Morgan fingerprint density at radius 3 is 1.81 bits per heavy atom. The molecule has 6 rings (SSSR count). The van der Waals surface area contributed by atoms with E-state index in [1.807, 2.05) is 12.3 Å². The molecule has 4 aromatic carbocycles. The lowest BCUT2D eigenvalue weighted by Crippen LogP contribution is -2.51. The first-order valence-corrected chi connectivity index (χ1v) is 16.5. The lowest BCUT2D eigenvalue weighted by Gasteiger charge is -2.37. The molecule has 47 heavy (non-hydrogen) atoms. The van der Waals surface area contributed by atoms with Gasteiger partial charge in [0.2, 0.25) is 5.78 Å². The lowest BCUT2D eigenvalue weighted by atomic mass is 9.65. The molecular formula is C42H43N3O2. The van der Waals surface area contributed by atoms with Crippen LogP contribution < -0.4 is 4.90 Å². The van der Waals surface area contributed by atoms with Crippen LogP contribution in [0.25, 0.3) is 0 Å². The third kappa shape index (κ3) is 6.16. The number of anilines is 1. The van der Waals surface area contributed by atoms with E-state index >= 15 is 0 Å². The van der Waals surface area contributed by atoms with E-state index in [2.05, 4.69) is 164 Å². The number of hydrogen-bond acceptors (Lipinski definition) is 5.